The number of aliphatic hydroxyl groups excluding tert-OH is 6. The van der Waals surface area contributed by atoms with E-state index >= 15 is 0 Å². The Balaban J connectivity index is 1.49. The van der Waals surface area contributed by atoms with Crippen LogP contribution in [-0.4, -0.2) is 105 Å². The van der Waals surface area contributed by atoms with Crippen LogP contribution in [0.4, 0.5) is 5.69 Å². The number of aliphatic hydroxyl groups is 6. The fraction of sp³-hybridized carbons (Fsp3) is 0.588. The van der Waals surface area contributed by atoms with Crippen LogP contribution in [0.2, 0.25) is 0 Å². The molecular weight excluding hydrogens is 596 g/mol. The van der Waals surface area contributed by atoms with Crippen molar-refractivity contribution in [3.63, 3.8) is 0 Å². The Morgan fingerprint density at radius 3 is 2.26 bits per heavy atom. The summed E-state index contributed by atoms with van der Waals surface area (Å²) in [6.45, 7) is 2.98. The van der Waals surface area contributed by atoms with Gasteiger partial charge in [0.05, 0.1) is 25.4 Å². The highest BCUT2D eigenvalue weighted by molar-refractivity contribution is 6.04. The van der Waals surface area contributed by atoms with Crippen LogP contribution in [0.3, 0.4) is 0 Å². The molecule has 1 heterocycles. The number of benzene rings is 2. The highest BCUT2D eigenvalue weighted by Gasteiger charge is 2.44. The third-order valence-corrected chi connectivity index (χ3v) is 8.19. The number of amides is 2. The van der Waals surface area contributed by atoms with Crippen molar-refractivity contribution in [1.82, 2.24) is 5.32 Å². The van der Waals surface area contributed by atoms with E-state index in [0.29, 0.717) is 43.4 Å². The lowest BCUT2D eigenvalue weighted by atomic mass is 9.99. The van der Waals surface area contributed by atoms with Gasteiger partial charge in [0.25, 0.3) is 5.91 Å². The average Bonchev–Trinajstić information content (AvgIpc) is 3.05. The van der Waals surface area contributed by atoms with Crippen molar-refractivity contribution < 1.29 is 49.7 Å². The van der Waals surface area contributed by atoms with Crippen LogP contribution in [0.15, 0.2) is 48.5 Å². The normalized spacial score (nSPS) is 23.3. The van der Waals surface area contributed by atoms with Crippen LogP contribution >= 0.6 is 0 Å². The first-order valence-electron chi connectivity index (χ1n) is 16.1. The second kappa shape index (κ2) is 19.0. The van der Waals surface area contributed by atoms with Gasteiger partial charge in [0.15, 0.2) is 6.29 Å². The summed E-state index contributed by atoms with van der Waals surface area (Å²) in [4.78, 5) is 25.3. The Morgan fingerprint density at radius 1 is 0.913 bits per heavy atom. The van der Waals surface area contributed by atoms with Gasteiger partial charge in [0.2, 0.25) is 5.91 Å². The maximum absolute atomic E-state index is 12.9. The number of carbonyl (C=O) groups is 2. The molecule has 5 unspecified atom stereocenters. The van der Waals surface area contributed by atoms with Crippen LogP contribution < -0.4 is 10.6 Å². The van der Waals surface area contributed by atoms with Crippen LogP contribution in [0.1, 0.15) is 73.4 Å². The van der Waals surface area contributed by atoms with Crippen molar-refractivity contribution in [3.8, 4) is 0 Å². The fourth-order valence-electron chi connectivity index (χ4n) is 5.23. The number of nitrogens with one attached hydrogen (secondary N) is 2. The molecule has 1 aliphatic rings. The molecule has 8 N–H and O–H groups in total. The van der Waals surface area contributed by atoms with Crippen molar-refractivity contribution in [1.29, 1.82) is 0 Å². The molecule has 0 bridgehead atoms. The highest BCUT2D eigenvalue weighted by Crippen LogP contribution is 2.23. The van der Waals surface area contributed by atoms with Gasteiger partial charge in [-0.3, -0.25) is 9.59 Å². The van der Waals surface area contributed by atoms with Crippen molar-refractivity contribution in [2.75, 3.05) is 18.5 Å². The Bertz CT molecular complexity index is 1190. The first-order chi connectivity index (χ1) is 22.0. The van der Waals surface area contributed by atoms with Gasteiger partial charge in [0.1, 0.15) is 30.5 Å². The Hall–Kier alpha value is -2.94. The van der Waals surface area contributed by atoms with Gasteiger partial charge >= 0.3 is 0 Å². The molecule has 12 heteroatoms. The van der Waals surface area contributed by atoms with Crippen molar-refractivity contribution in [3.05, 3.63) is 65.2 Å². The van der Waals surface area contributed by atoms with E-state index in [-0.39, 0.29) is 24.8 Å². The SMILES string of the molecule is CCCCC[C@@H](O)[C@@H](O)[C@H](COC1OC(CO)C(O)C(O)C1O)NC(=O)CCCCc1ccc(NC(=O)c2ccc(C)cc2)cc1. The number of aryl methyl sites for hydroxylation is 2. The van der Waals surface area contributed by atoms with E-state index in [1.165, 1.54) is 0 Å². The maximum atomic E-state index is 12.9. The molecular formula is C34H50N2O10. The highest BCUT2D eigenvalue weighted by atomic mass is 16.7. The zero-order valence-corrected chi connectivity index (χ0v) is 26.6. The molecule has 256 valence electrons. The summed E-state index contributed by atoms with van der Waals surface area (Å²) in [7, 11) is 0. The standard InChI is InChI=1S/C34H50N2O10/c1-3-4-5-9-26(38)29(40)25(20-45-34-32(43)31(42)30(41)27(19-37)46-34)36-28(39)10-7-6-8-22-13-17-24(18-14-22)35-33(44)23-15-11-21(2)12-16-23/h11-18,25-27,29-32,34,37-38,40-43H,3-10,19-20H2,1-2H3,(H,35,44)(H,36,39)/t25-,26+,27?,29-,30?,31?,32?,34?/m0/s1. The Morgan fingerprint density at radius 2 is 1.61 bits per heavy atom. The number of carbonyl (C=O) groups excluding carboxylic acids is 2. The lowest BCUT2D eigenvalue weighted by Crippen LogP contribution is -2.60. The quantitative estimate of drug-likeness (QED) is 0.110. The number of unbranched alkanes of at least 4 members (excludes halogenated alkanes) is 3. The van der Waals surface area contributed by atoms with E-state index in [1.54, 1.807) is 12.1 Å². The van der Waals surface area contributed by atoms with E-state index in [9.17, 15) is 40.2 Å². The van der Waals surface area contributed by atoms with E-state index in [0.717, 1.165) is 24.0 Å². The summed E-state index contributed by atoms with van der Waals surface area (Å²) in [6.07, 6.45) is -5.05. The molecule has 0 aliphatic carbocycles. The Labute approximate surface area is 270 Å². The van der Waals surface area contributed by atoms with Gasteiger partial charge in [-0.1, -0.05) is 56.0 Å². The number of rotatable bonds is 18. The Kier molecular flexibility index (Phi) is 15.5. The number of anilines is 1. The predicted octanol–water partition coefficient (Wildman–Crippen LogP) is 1.56. The van der Waals surface area contributed by atoms with E-state index in [2.05, 4.69) is 10.6 Å². The molecule has 0 saturated carbocycles. The van der Waals surface area contributed by atoms with Crippen LogP contribution in [0, 0.1) is 6.92 Å². The minimum atomic E-state index is -1.64. The van der Waals surface area contributed by atoms with E-state index in [1.807, 2.05) is 50.2 Å². The minimum absolute atomic E-state index is 0.153. The molecule has 2 aromatic carbocycles. The molecule has 1 aliphatic heterocycles. The second-order valence-corrected chi connectivity index (χ2v) is 12.0. The summed E-state index contributed by atoms with van der Waals surface area (Å²) < 4.78 is 11.0. The summed E-state index contributed by atoms with van der Waals surface area (Å²) in [5.41, 5.74) is 3.38. The van der Waals surface area contributed by atoms with E-state index < -0.39 is 55.6 Å². The third-order valence-electron chi connectivity index (χ3n) is 8.19. The lowest BCUT2D eigenvalue weighted by molar-refractivity contribution is -0.303. The van der Waals surface area contributed by atoms with Crippen molar-refractivity contribution in [2.24, 2.45) is 0 Å². The average molecular weight is 647 g/mol. The molecule has 2 aromatic rings. The van der Waals surface area contributed by atoms with Gasteiger partial charge in [-0.25, -0.2) is 0 Å². The van der Waals surface area contributed by atoms with E-state index in [4.69, 9.17) is 9.47 Å². The maximum Gasteiger partial charge on any atom is 0.255 e. The predicted molar refractivity (Wildman–Crippen MR) is 171 cm³/mol. The van der Waals surface area contributed by atoms with Gasteiger partial charge in [-0.05, 0) is 62.4 Å². The van der Waals surface area contributed by atoms with Crippen molar-refractivity contribution >= 4 is 17.5 Å². The zero-order chi connectivity index (χ0) is 33.6. The summed E-state index contributed by atoms with van der Waals surface area (Å²) in [5.74, 6) is -0.550. The molecule has 12 nitrogen and oxygen atoms in total. The van der Waals surface area contributed by atoms with Gasteiger partial charge < -0.3 is 50.7 Å². The number of hydrogen-bond acceptors (Lipinski definition) is 10. The van der Waals surface area contributed by atoms with Crippen LogP contribution in [0.25, 0.3) is 0 Å². The van der Waals surface area contributed by atoms with Gasteiger partial charge in [-0.15, -0.1) is 0 Å². The molecule has 0 radical (unpaired) electrons. The topological polar surface area (TPSA) is 198 Å². The van der Waals surface area contributed by atoms with Crippen LogP contribution in [0.5, 0.6) is 0 Å². The van der Waals surface area contributed by atoms with Crippen LogP contribution in [-0.2, 0) is 20.7 Å². The second-order valence-electron chi connectivity index (χ2n) is 12.0. The zero-order valence-electron chi connectivity index (χ0n) is 26.6. The van der Waals surface area contributed by atoms with Crippen molar-refractivity contribution in [2.45, 2.75) is 114 Å². The molecule has 46 heavy (non-hydrogen) atoms. The fourth-order valence-corrected chi connectivity index (χ4v) is 5.23. The molecule has 0 spiro atoms. The minimum Gasteiger partial charge on any atom is -0.394 e. The smallest absolute Gasteiger partial charge is 0.255 e. The summed E-state index contributed by atoms with van der Waals surface area (Å²) in [5, 5.41) is 66.8. The molecule has 8 atom stereocenters. The number of ether oxygens (including phenoxy) is 2. The lowest BCUT2D eigenvalue weighted by Gasteiger charge is -2.40. The molecule has 0 aromatic heterocycles. The molecule has 3 rings (SSSR count). The largest absolute Gasteiger partial charge is 0.394 e. The summed E-state index contributed by atoms with van der Waals surface area (Å²) >= 11 is 0. The third kappa shape index (κ3) is 11.4. The monoisotopic (exact) mass is 646 g/mol. The molecule has 2 amide bonds. The van der Waals surface area contributed by atoms with Gasteiger partial charge in [0, 0.05) is 17.7 Å². The molecule has 1 fully saturated rings. The van der Waals surface area contributed by atoms with Gasteiger partial charge in [-0.2, -0.15) is 0 Å². The number of hydrogen-bond donors (Lipinski definition) is 8. The first kappa shape index (κ1) is 37.5. The molecule has 1 saturated heterocycles. The summed E-state index contributed by atoms with van der Waals surface area (Å²) in [6, 6.07) is 13.8. The first-order valence-corrected chi connectivity index (χ1v) is 16.1.